The van der Waals surface area contributed by atoms with Crippen molar-refractivity contribution in [1.82, 2.24) is 10.2 Å². The van der Waals surface area contributed by atoms with Gasteiger partial charge < -0.3 is 15.0 Å². The number of nitrogens with one attached hydrogen (secondary N) is 1. The summed E-state index contributed by atoms with van der Waals surface area (Å²) in [6.45, 7) is 4.62. The van der Waals surface area contributed by atoms with Gasteiger partial charge >= 0.3 is 0 Å². The maximum atomic E-state index is 13.8. The zero-order valence-electron chi connectivity index (χ0n) is 20.4. The minimum absolute atomic E-state index is 0.0161. The topological polar surface area (TPSA) is 96.0 Å². The van der Waals surface area contributed by atoms with Gasteiger partial charge in [-0.3, -0.25) is 13.9 Å². The Hall–Kier alpha value is -3.21. The Kier molecular flexibility index (Phi) is 9.58. The highest BCUT2D eigenvalue weighted by atomic mass is 32.2. The van der Waals surface area contributed by atoms with Crippen LogP contribution in [0.25, 0.3) is 0 Å². The van der Waals surface area contributed by atoms with Crippen LogP contribution in [0.2, 0.25) is 0 Å². The summed E-state index contributed by atoms with van der Waals surface area (Å²) < 4.78 is 58.0. The average molecular weight is 512 g/mol. The van der Waals surface area contributed by atoms with E-state index in [0.717, 1.165) is 18.4 Å². The monoisotopic (exact) mass is 511 g/mol. The van der Waals surface area contributed by atoms with Crippen LogP contribution < -0.4 is 14.4 Å². The molecule has 0 saturated heterocycles. The van der Waals surface area contributed by atoms with Gasteiger partial charge in [0.05, 0.1) is 19.1 Å². The number of carbonyl (C=O) groups excluding carboxylic acids is 2. The number of hydrogen-bond donors (Lipinski definition) is 1. The number of hydrogen-bond acceptors (Lipinski definition) is 5. The van der Waals surface area contributed by atoms with E-state index < -0.39 is 40.2 Å². The highest BCUT2D eigenvalue weighted by Crippen LogP contribution is 2.22. The van der Waals surface area contributed by atoms with Gasteiger partial charge in [0.25, 0.3) is 0 Å². The van der Waals surface area contributed by atoms with Crippen molar-refractivity contribution in [3.05, 3.63) is 59.7 Å². The number of carbonyl (C=O) groups is 2. The summed E-state index contributed by atoms with van der Waals surface area (Å²) >= 11 is 0. The van der Waals surface area contributed by atoms with Gasteiger partial charge in [0.1, 0.15) is 18.3 Å². The standard InChI is InChI=1S/C24H31F2N3O5S/c1-6-22(24(31)27-16(2)3)28(14-17-7-10-19(34-4)11-8-17)23(30)15-29(35(5,32)33)18-9-12-20(25)21(26)13-18/h7-13,16,22H,6,14-15H2,1-5H3,(H,27,31). The Morgan fingerprint density at radius 2 is 1.69 bits per heavy atom. The zero-order valence-corrected chi connectivity index (χ0v) is 21.2. The van der Waals surface area contributed by atoms with Crippen molar-refractivity contribution < 1.29 is 31.5 Å². The number of sulfonamides is 1. The van der Waals surface area contributed by atoms with E-state index >= 15 is 0 Å². The molecule has 1 N–H and O–H groups in total. The number of methoxy groups -OCH3 is 1. The van der Waals surface area contributed by atoms with Crippen LogP contribution in [0.1, 0.15) is 32.8 Å². The highest BCUT2D eigenvalue weighted by molar-refractivity contribution is 7.92. The molecule has 2 aromatic rings. The van der Waals surface area contributed by atoms with Crippen molar-refractivity contribution >= 4 is 27.5 Å². The lowest BCUT2D eigenvalue weighted by molar-refractivity contribution is -0.140. The average Bonchev–Trinajstić information content (AvgIpc) is 2.78. The Morgan fingerprint density at radius 1 is 1.06 bits per heavy atom. The van der Waals surface area contributed by atoms with Gasteiger partial charge in [-0.1, -0.05) is 19.1 Å². The Bertz CT molecular complexity index is 1140. The molecule has 0 aliphatic heterocycles. The lowest BCUT2D eigenvalue weighted by atomic mass is 10.1. The fourth-order valence-electron chi connectivity index (χ4n) is 3.48. The van der Waals surface area contributed by atoms with Crippen LogP contribution in [0.5, 0.6) is 5.75 Å². The van der Waals surface area contributed by atoms with Gasteiger partial charge in [-0.25, -0.2) is 17.2 Å². The fourth-order valence-corrected chi connectivity index (χ4v) is 4.32. The lowest BCUT2D eigenvalue weighted by Gasteiger charge is -2.33. The predicted octanol–water partition coefficient (Wildman–Crippen LogP) is 3.07. The first-order chi connectivity index (χ1) is 16.4. The summed E-state index contributed by atoms with van der Waals surface area (Å²) in [7, 11) is -2.53. The molecular formula is C24H31F2N3O5S. The third-order valence-corrected chi connectivity index (χ3v) is 6.34. The summed E-state index contributed by atoms with van der Waals surface area (Å²) in [6.07, 6.45) is 1.13. The van der Waals surface area contributed by atoms with Gasteiger partial charge in [0, 0.05) is 18.7 Å². The summed E-state index contributed by atoms with van der Waals surface area (Å²) in [4.78, 5) is 27.7. The molecule has 0 aromatic heterocycles. The molecule has 0 heterocycles. The number of ether oxygens (including phenoxy) is 1. The quantitative estimate of drug-likeness (QED) is 0.500. The number of anilines is 1. The number of nitrogens with zero attached hydrogens (tertiary/aromatic N) is 2. The first kappa shape index (κ1) is 28.0. The molecule has 0 fully saturated rings. The minimum atomic E-state index is -4.05. The maximum Gasteiger partial charge on any atom is 0.244 e. The molecule has 0 bridgehead atoms. The molecular weight excluding hydrogens is 480 g/mol. The smallest absolute Gasteiger partial charge is 0.244 e. The number of benzene rings is 2. The van der Waals surface area contributed by atoms with E-state index in [-0.39, 0.29) is 30.6 Å². The molecule has 35 heavy (non-hydrogen) atoms. The van der Waals surface area contributed by atoms with Crippen molar-refractivity contribution in [2.24, 2.45) is 0 Å². The Balaban J connectivity index is 2.45. The van der Waals surface area contributed by atoms with Gasteiger partial charge in [0.2, 0.25) is 21.8 Å². The summed E-state index contributed by atoms with van der Waals surface area (Å²) in [5.74, 6) is -2.85. The third-order valence-electron chi connectivity index (χ3n) is 5.20. The van der Waals surface area contributed by atoms with Gasteiger partial charge in [-0.05, 0) is 50.1 Å². The molecule has 1 unspecified atom stereocenters. The van der Waals surface area contributed by atoms with Crippen LogP contribution in [0.15, 0.2) is 42.5 Å². The molecule has 2 rings (SSSR count). The van der Waals surface area contributed by atoms with E-state index in [4.69, 9.17) is 4.74 Å². The van der Waals surface area contributed by atoms with E-state index in [1.165, 1.54) is 12.0 Å². The summed E-state index contributed by atoms with van der Waals surface area (Å²) in [5.41, 5.74) is 0.484. The lowest BCUT2D eigenvalue weighted by Crippen LogP contribution is -2.53. The second kappa shape index (κ2) is 12.0. The Labute approximate surface area is 204 Å². The molecule has 0 radical (unpaired) electrons. The molecule has 0 spiro atoms. The molecule has 2 amide bonds. The number of halogens is 2. The first-order valence-corrected chi connectivity index (χ1v) is 12.9. The normalized spacial score (nSPS) is 12.2. The van der Waals surface area contributed by atoms with E-state index in [1.54, 1.807) is 45.0 Å². The van der Waals surface area contributed by atoms with Crippen LogP contribution >= 0.6 is 0 Å². The molecule has 0 aliphatic rings. The Morgan fingerprint density at radius 3 is 2.17 bits per heavy atom. The fraction of sp³-hybridized carbons (Fsp3) is 0.417. The van der Waals surface area contributed by atoms with E-state index in [9.17, 15) is 26.8 Å². The van der Waals surface area contributed by atoms with Crippen molar-refractivity contribution in [3.8, 4) is 5.75 Å². The number of amides is 2. The largest absolute Gasteiger partial charge is 0.497 e. The first-order valence-electron chi connectivity index (χ1n) is 11.0. The molecule has 8 nitrogen and oxygen atoms in total. The zero-order chi connectivity index (χ0) is 26.3. The SMILES string of the molecule is CCC(C(=O)NC(C)C)N(Cc1ccc(OC)cc1)C(=O)CN(c1ccc(F)c(F)c1)S(C)(=O)=O. The van der Waals surface area contributed by atoms with Crippen molar-refractivity contribution in [3.63, 3.8) is 0 Å². The minimum Gasteiger partial charge on any atom is -0.497 e. The molecule has 2 aromatic carbocycles. The van der Waals surface area contributed by atoms with Crippen LogP contribution in [0, 0.1) is 11.6 Å². The van der Waals surface area contributed by atoms with Crippen LogP contribution in [0.4, 0.5) is 14.5 Å². The van der Waals surface area contributed by atoms with Gasteiger partial charge in [-0.2, -0.15) is 0 Å². The van der Waals surface area contributed by atoms with Crippen molar-refractivity contribution in [2.75, 3.05) is 24.2 Å². The molecule has 11 heteroatoms. The third kappa shape index (κ3) is 7.64. The molecule has 0 saturated carbocycles. The van der Waals surface area contributed by atoms with Gasteiger partial charge in [0.15, 0.2) is 11.6 Å². The summed E-state index contributed by atoms with van der Waals surface area (Å²) in [5, 5.41) is 2.79. The molecule has 192 valence electrons. The molecule has 0 aliphatic carbocycles. The van der Waals surface area contributed by atoms with Gasteiger partial charge in [-0.15, -0.1) is 0 Å². The number of rotatable bonds is 11. The van der Waals surface area contributed by atoms with Crippen LogP contribution in [0.3, 0.4) is 0 Å². The van der Waals surface area contributed by atoms with E-state index in [0.29, 0.717) is 21.7 Å². The van der Waals surface area contributed by atoms with Crippen LogP contribution in [-0.4, -0.2) is 57.1 Å². The van der Waals surface area contributed by atoms with E-state index in [2.05, 4.69) is 5.32 Å². The highest BCUT2D eigenvalue weighted by Gasteiger charge is 2.32. The second-order valence-corrected chi connectivity index (χ2v) is 10.2. The van der Waals surface area contributed by atoms with Crippen molar-refractivity contribution in [2.45, 2.75) is 45.8 Å². The van der Waals surface area contributed by atoms with E-state index in [1.807, 2.05) is 0 Å². The summed E-state index contributed by atoms with van der Waals surface area (Å²) in [6, 6.07) is 8.37. The van der Waals surface area contributed by atoms with Crippen molar-refractivity contribution in [1.29, 1.82) is 0 Å². The van der Waals surface area contributed by atoms with Crippen LogP contribution in [-0.2, 0) is 26.2 Å². The predicted molar refractivity (Wildman–Crippen MR) is 129 cm³/mol. The second-order valence-electron chi connectivity index (χ2n) is 8.33. The maximum absolute atomic E-state index is 13.8. The molecule has 1 atom stereocenters.